The second-order valence-corrected chi connectivity index (χ2v) is 5.43. The number of likely N-dealkylation sites (tertiary alicyclic amines) is 1. The van der Waals surface area contributed by atoms with E-state index in [0.29, 0.717) is 11.8 Å². The van der Waals surface area contributed by atoms with Gasteiger partial charge in [0.05, 0.1) is 13.2 Å². The molecule has 2 aliphatic rings. The van der Waals surface area contributed by atoms with Crippen molar-refractivity contribution < 1.29 is 4.74 Å². The molecule has 2 atom stereocenters. The molecular formula is C14H20N2O. The van der Waals surface area contributed by atoms with E-state index in [1.165, 1.54) is 24.2 Å². The predicted molar refractivity (Wildman–Crippen MR) is 67.0 cm³/mol. The molecule has 3 heteroatoms. The predicted octanol–water partition coefficient (Wildman–Crippen LogP) is 1.96. The number of hydrogen-bond donors (Lipinski definition) is 0. The van der Waals surface area contributed by atoms with Crippen molar-refractivity contribution in [2.24, 2.45) is 5.92 Å². The second kappa shape index (κ2) is 4.39. The van der Waals surface area contributed by atoms with Gasteiger partial charge < -0.3 is 9.64 Å². The third-order valence-electron chi connectivity index (χ3n) is 4.03. The summed E-state index contributed by atoms with van der Waals surface area (Å²) in [5.74, 6) is 1.22. The molecule has 2 unspecified atom stereocenters. The highest BCUT2D eigenvalue weighted by Crippen LogP contribution is 2.36. The fourth-order valence-corrected chi connectivity index (χ4v) is 3.11. The van der Waals surface area contributed by atoms with Gasteiger partial charge in [0, 0.05) is 29.8 Å². The van der Waals surface area contributed by atoms with Crippen molar-refractivity contribution in [2.45, 2.75) is 25.9 Å². The van der Waals surface area contributed by atoms with Crippen LogP contribution in [-0.4, -0.2) is 36.6 Å². The molecule has 0 amide bonds. The first-order valence-electron chi connectivity index (χ1n) is 6.47. The molecule has 92 valence electrons. The Bertz CT molecular complexity index is 419. The molecule has 0 radical (unpaired) electrons. The van der Waals surface area contributed by atoms with Crippen LogP contribution >= 0.6 is 0 Å². The first-order valence-corrected chi connectivity index (χ1v) is 6.47. The summed E-state index contributed by atoms with van der Waals surface area (Å²) in [7, 11) is 2.20. The van der Waals surface area contributed by atoms with E-state index in [1.54, 1.807) is 0 Å². The Morgan fingerprint density at radius 3 is 3.18 bits per heavy atom. The highest BCUT2D eigenvalue weighted by atomic mass is 16.5. The minimum absolute atomic E-state index is 0.601. The van der Waals surface area contributed by atoms with Gasteiger partial charge in [0.25, 0.3) is 0 Å². The van der Waals surface area contributed by atoms with Crippen LogP contribution in [0.5, 0.6) is 0 Å². The van der Waals surface area contributed by atoms with Crippen molar-refractivity contribution >= 4 is 0 Å². The second-order valence-electron chi connectivity index (χ2n) is 5.43. The van der Waals surface area contributed by atoms with Crippen molar-refractivity contribution in [2.75, 3.05) is 26.7 Å². The average Bonchev–Trinajstić information content (AvgIpc) is 2.47. The Labute approximate surface area is 103 Å². The van der Waals surface area contributed by atoms with Crippen LogP contribution in [-0.2, 0) is 11.3 Å². The maximum absolute atomic E-state index is 5.81. The molecule has 3 nitrogen and oxygen atoms in total. The Morgan fingerprint density at radius 2 is 2.29 bits per heavy atom. The molecule has 0 bridgehead atoms. The molecule has 0 aromatic carbocycles. The number of aromatic nitrogens is 1. The number of pyridine rings is 1. The summed E-state index contributed by atoms with van der Waals surface area (Å²) in [5.41, 5.74) is 3.73. The Hall–Kier alpha value is -0.930. The Kier molecular flexibility index (Phi) is 2.89. The Morgan fingerprint density at radius 1 is 1.41 bits per heavy atom. The zero-order valence-corrected chi connectivity index (χ0v) is 10.6. The largest absolute Gasteiger partial charge is 0.376 e. The van der Waals surface area contributed by atoms with Gasteiger partial charge in [0.2, 0.25) is 0 Å². The summed E-state index contributed by atoms with van der Waals surface area (Å²) in [6, 6.07) is 4.29. The molecule has 0 aliphatic carbocycles. The van der Waals surface area contributed by atoms with Crippen LogP contribution in [0.2, 0.25) is 0 Å². The van der Waals surface area contributed by atoms with E-state index in [9.17, 15) is 0 Å². The maximum Gasteiger partial charge on any atom is 0.0734 e. The van der Waals surface area contributed by atoms with Gasteiger partial charge in [-0.15, -0.1) is 0 Å². The highest BCUT2D eigenvalue weighted by Gasteiger charge is 2.33. The maximum atomic E-state index is 5.81. The average molecular weight is 232 g/mol. The first-order chi connectivity index (χ1) is 8.24. The lowest BCUT2D eigenvalue weighted by molar-refractivity contribution is 0.0581. The summed E-state index contributed by atoms with van der Waals surface area (Å²) in [6.07, 6.45) is 1.22. The van der Waals surface area contributed by atoms with Crippen LogP contribution in [0.1, 0.15) is 29.3 Å². The number of fused-ring (bicyclic) bond motifs is 3. The third-order valence-corrected chi connectivity index (χ3v) is 4.03. The fourth-order valence-electron chi connectivity index (χ4n) is 3.11. The number of ether oxygens (including phenoxy) is 1. The summed E-state index contributed by atoms with van der Waals surface area (Å²) in [5, 5.41) is 0. The molecule has 1 aromatic rings. The van der Waals surface area contributed by atoms with Crippen LogP contribution in [0.3, 0.4) is 0 Å². The van der Waals surface area contributed by atoms with Gasteiger partial charge in [0.15, 0.2) is 0 Å². The van der Waals surface area contributed by atoms with Gasteiger partial charge >= 0.3 is 0 Å². The molecule has 0 N–H and O–H groups in total. The van der Waals surface area contributed by atoms with Crippen molar-refractivity contribution in [3.8, 4) is 0 Å². The quantitative estimate of drug-likeness (QED) is 0.683. The minimum atomic E-state index is 0.601. The molecule has 1 fully saturated rings. The van der Waals surface area contributed by atoms with Crippen LogP contribution in [0.4, 0.5) is 0 Å². The highest BCUT2D eigenvalue weighted by molar-refractivity contribution is 5.27. The monoisotopic (exact) mass is 232 g/mol. The molecular weight excluding hydrogens is 212 g/mol. The van der Waals surface area contributed by atoms with E-state index >= 15 is 0 Å². The zero-order chi connectivity index (χ0) is 11.8. The van der Waals surface area contributed by atoms with E-state index in [2.05, 4.69) is 31.0 Å². The standard InChI is InChI=1S/C14H20N2O/c1-10-3-4-11-8-17-9-12-7-16(2)6-5-13(12)14(11)15-10/h3-4,12-13H,5-9H2,1-2H3. The van der Waals surface area contributed by atoms with Crippen molar-refractivity contribution in [3.63, 3.8) is 0 Å². The Balaban J connectivity index is 1.98. The molecule has 0 spiro atoms. The van der Waals surface area contributed by atoms with E-state index in [-0.39, 0.29) is 0 Å². The molecule has 17 heavy (non-hydrogen) atoms. The summed E-state index contributed by atoms with van der Waals surface area (Å²) in [6.45, 7) is 6.01. The van der Waals surface area contributed by atoms with Gasteiger partial charge in [-0.05, 0) is 38.6 Å². The van der Waals surface area contributed by atoms with Crippen molar-refractivity contribution in [3.05, 3.63) is 29.1 Å². The van der Waals surface area contributed by atoms with Gasteiger partial charge in [-0.1, -0.05) is 6.07 Å². The van der Waals surface area contributed by atoms with Gasteiger partial charge in [-0.3, -0.25) is 4.98 Å². The zero-order valence-electron chi connectivity index (χ0n) is 10.6. The van der Waals surface area contributed by atoms with Crippen LogP contribution in [0.25, 0.3) is 0 Å². The number of hydrogen-bond acceptors (Lipinski definition) is 3. The number of rotatable bonds is 0. The van der Waals surface area contributed by atoms with E-state index in [4.69, 9.17) is 9.72 Å². The van der Waals surface area contributed by atoms with Crippen LogP contribution < -0.4 is 0 Å². The van der Waals surface area contributed by atoms with E-state index < -0.39 is 0 Å². The summed E-state index contributed by atoms with van der Waals surface area (Å²) < 4.78 is 5.81. The fraction of sp³-hybridized carbons (Fsp3) is 0.643. The minimum Gasteiger partial charge on any atom is -0.376 e. The van der Waals surface area contributed by atoms with Crippen LogP contribution in [0, 0.1) is 12.8 Å². The van der Waals surface area contributed by atoms with Crippen LogP contribution in [0.15, 0.2) is 12.1 Å². The molecule has 3 rings (SSSR count). The molecule has 1 aromatic heterocycles. The van der Waals surface area contributed by atoms with Crippen molar-refractivity contribution in [1.29, 1.82) is 0 Å². The molecule has 2 aliphatic heterocycles. The number of aryl methyl sites for hydroxylation is 1. The van der Waals surface area contributed by atoms with E-state index in [1.807, 2.05) is 0 Å². The smallest absolute Gasteiger partial charge is 0.0734 e. The van der Waals surface area contributed by atoms with Crippen molar-refractivity contribution in [1.82, 2.24) is 9.88 Å². The lowest BCUT2D eigenvalue weighted by Crippen LogP contribution is -2.38. The molecule has 1 saturated heterocycles. The summed E-state index contributed by atoms with van der Waals surface area (Å²) in [4.78, 5) is 7.19. The van der Waals surface area contributed by atoms with Gasteiger partial charge in [-0.2, -0.15) is 0 Å². The topological polar surface area (TPSA) is 25.4 Å². The van der Waals surface area contributed by atoms with Gasteiger partial charge in [0.1, 0.15) is 0 Å². The SMILES string of the molecule is Cc1ccc2c(n1)C1CCN(C)CC1COC2. The number of piperidine rings is 1. The number of nitrogens with zero attached hydrogens (tertiary/aromatic N) is 2. The molecule has 3 heterocycles. The van der Waals surface area contributed by atoms with E-state index in [0.717, 1.165) is 25.5 Å². The third kappa shape index (κ3) is 2.09. The van der Waals surface area contributed by atoms with Gasteiger partial charge in [-0.25, -0.2) is 0 Å². The lowest BCUT2D eigenvalue weighted by Gasteiger charge is -2.35. The summed E-state index contributed by atoms with van der Waals surface area (Å²) >= 11 is 0. The normalized spacial score (nSPS) is 29.3. The molecule has 0 saturated carbocycles. The lowest BCUT2D eigenvalue weighted by atomic mass is 9.82. The first kappa shape index (κ1) is 11.2.